The van der Waals surface area contributed by atoms with E-state index < -0.39 is 5.82 Å². The maximum absolute atomic E-state index is 14.9. The van der Waals surface area contributed by atoms with E-state index in [4.69, 9.17) is 0 Å². The van der Waals surface area contributed by atoms with Crippen LogP contribution in [0, 0.1) is 19.7 Å². The summed E-state index contributed by atoms with van der Waals surface area (Å²) in [5, 5.41) is 7.71. The van der Waals surface area contributed by atoms with Crippen molar-refractivity contribution in [1.29, 1.82) is 0 Å². The highest BCUT2D eigenvalue weighted by Gasteiger charge is 2.15. The number of hydrogen-bond acceptors (Lipinski definition) is 7. The Morgan fingerprint density at radius 1 is 1.03 bits per heavy atom. The van der Waals surface area contributed by atoms with Crippen LogP contribution < -0.4 is 5.32 Å². The van der Waals surface area contributed by atoms with E-state index in [1.54, 1.807) is 10.9 Å². The lowest BCUT2D eigenvalue weighted by atomic mass is 10.2. The van der Waals surface area contributed by atoms with E-state index in [0.717, 1.165) is 49.8 Å². The average Bonchev–Trinajstić information content (AvgIpc) is 2.81. The van der Waals surface area contributed by atoms with E-state index in [0.29, 0.717) is 11.4 Å². The van der Waals surface area contributed by atoms with E-state index in [1.165, 1.54) is 6.20 Å². The Balaban J connectivity index is 1.57. The number of anilines is 2. The van der Waals surface area contributed by atoms with Gasteiger partial charge in [0.25, 0.3) is 0 Å². The first-order valence-electron chi connectivity index (χ1n) is 12.3. The van der Waals surface area contributed by atoms with Gasteiger partial charge in [-0.05, 0) is 52.4 Å². The second kappa shape index (κ2) is 11.1. The van der Waals surface area contributed by atoms with Crippen molar-refractivity contribution < 1.29 is 4.39 Å². The number of pyridine rings is 1. The van der Waals surface area contributed by atoms with Gasteiger partial charge in [0.05, 0.1) is 6.20 Å². The molecule has 3 aromatic rings. The van der Waals surface area contributed by atoms with E-state index in [2.05, 4.69) is 66.7 Å². The molecule has 0 amide bonds. The summed E-state index contributed by atoms with van der Waals surface area (Å²) in [6.45, 7) is 13.3. The van der Waals surface area contributed by atoms with E-state index in [1.807, 2.05) is 39.2 Å². The first-order valence-corrected chi connectivity index (χ1v) is 12.3. The third kappa shape index (κ3) is 6.24. The van der Waals surface area contributed by atoms with E-state index in [-0.39, 0.29) is 17.7 Å². The topological polar surface area (TPSA) is 79.9 Å². The van der Waals surface area contributed by atoms with Crippen molar-refractivity contribution in [2.75, 3.05) is 38.5 Å². The molecule has 9 nitrogen and oxygen atoms in total. The Labute approximate surface area is 212 Å². The van der Waals surface area contributed by atoms with Crippen LogP contribution in [0.1, 0.15) is 37.0 Å². The van der Waals surface area contributed by atoms with Crippen LogP contribution in [0.15, 0.2) is 36.8 Å². The highest BCUT2D eigenvalue weighted by Crippen LogP contribution is 2.23. The van der Waals surface area contributed by atoms with E-state index >= 15 is 0 Å². The summed E-state index contributed by atoms with van der Waals surface area (Å²) in [7, 11) is 3.98. The molecule has 192 valence electrons. The molecular weight excluding hydrogens is 457 g/mol. The largest absolute Gasteiger partial charge is 0.330 e. The molecule has 0 unspecified atom stereocenters. The van der Waals surface area contributed by atoms with Crippen molar-refractivity contribution in [2.45, 2.75) is 40.3 Å². The molecule has 1 N–H and O–H groups in total. The van der Waals surface area contributed by atoms with Gasteiger partial charge in [0.15, 0.2) is 5.82 Å². The second-order valence-electron chi connectivity index (χ2n) is 9.70. The number of nitrogens with zero attached hydrogens (tertiary/aromatic N) is 8. The Hall–Kier alpha value is -3.37. The second-order valence-corrected chi connectivity index (χ2v) is 9.70. The Morgan fingerprint density at radius 3 is 2.44 bits per heavy atom. The van der Waals surface area contributed by atoms with Crippen LogP contribution in [0.4, 0.5) is 16.2 Å². The third-order valence-electron chi connectivity index (χ3n) is 6.32. The van der Waals surface area contributed by atoms with Crippen molar-refractivity contribution in [2.24, 2.45) is 7.05 Å². The fourth-order valence-electron chi connectivity index (χ4n) is 4.60. The fourth-order valence-corrected chi connectivity index (χ4v) is 4.60. The maximum atomic E-state index is 14.9. The molecule has 0 radical (unpaired) electrons. The van der Waals surface area contributed by atoms with Gasteiger partial charge in [0, 0.05) is 69.5 Å². The van der Waals surface area contributed by atoms with Crippen LogP contribution in [0.5, 0.6) is 0 Å². The van der Waals surface area contributed by atoms with Crippen molar-refractivity contribution in [3.05, 3.63) is 59.7 Å². The van der Waals surface area contributed by atoms with Gasteiger partial charge < -0.3 is 14.8 Å². The zero-order valence-electron chi connectivity index (χ0n) is 22.0. The predicted octanol–water partition coefficient (Wildman–Crippen LogP) is 4.03. The van der Waals surface area contributed by atoms with Crippen molar-refractivity contribution >= 4 is 11.8 Å². The SMILES string of the molecule is Cc1cc(-c2nc(Nc3ccc(CN4CCN(C)CC4)cn3)ncc2F)cn(C)nc(C)n1C(C)C. The molecule has 1 fully saturated rings. The highest BCUT2D eigenvalue weighted by atomic mass is 19.1. The molecule has 1 saturated heterocycles. The monoisotopic (exact) mass is 493 g/mol. The lowest BCUT2D eigenvalue weighted by molar-refractivity contribution is 0.148. The molecule has 0 aromatic carbocycles. The number of nitrogens with one attached hydrogen (secondary N) is 1. The number of likely N-dealkylation sites (N-methyl/N-ethyl adjacent to an activating group) is 1. The fraction of sp³-hybridized carbons (Fsp3) is 0.462. The lowest BCUT2D eigenvalue weighted by Gasteiger charge is -2.32. The molecule has 0 aliphatic carbocycles. The normalized spacial score (nSPS) is 14.8. The summed E-state index contributed by atoms with van der Waals surface area (Å²) >= 11 is 0. The third-order valence-corrected chi connectivity index (χ3v) is 6.32. The summed E-state index contributed by atoms with van der Waals surface area (Å²) in [5.41, 5.74) is 2.91. The number of aromatic nitrogens is 6. The molecule has 1 aliphatic rings. The van der Waals surface area contributed by atoms with Gasteiger partial charge in [0.2, 0.25) is 5.95 Å². The van der Waals surface area contributed by atoms with Crippen LogP contribution in [-0.2, 0) is 13.6 Å². The molecule has 0 bridgehead atoms. The van der Waals surface area contributed by atoms with Crippen molar-refractivity contribution in [3.63, 3.8) is 0 Å². The van der Waals surface area contributed by atoms with Crippen molar-refractivity contribution in [1.82, 2.24) is 39.1 Å². The van der Waals surface area contributed by atoms with Crippen LogP contribution in [-0.4, -0.2) is 72.3 Å². The van der Waals surface area contributed by atoms with Crippen LogP contribution in [0.2, 0.25) is 0 Å². The standard InChI is InChI=1S/C26H36FN9/c1-18(2)36-19(3)13-22(17-34(6)32-20(36)4)25-23(27)15-29-26(31-25)30-24-8-7-21(14-28-24)16-35-11-9-33(5)10-12-35/h7-8,13-15,17-18H,9-12,16H2,1-6H3,(H,28,29,30,31). The first-order chi connectivity index (χ1) is 17.2. The first kappa shape index (κ1) is 25.7. The molecule has 0 spiro atoms. The van der Waals surface area contributed by atoms with Crippen LogP contribution in [0.3, 0.4) is 0 Å². The van der Waals surface area contributed by atoms with Gasteiger partial charge >= 0.3 is 0 Å². The Kier molecular flexibility index (Phi) is 7.95. The Morgan fingerprint density at radius 2 is 1.78 bits per heavy atom. The van der Waals surface area contributed by atoms with Gasteiger partial charge in [-0.15, -0.1) is 0 Å². The molecule has 0 saturated carbocycles. The molecule has 3 aromatic heterocycles. The van der Waals surface area contributed by atoms with Crippen LogP contribution >= 0.6 is 0 Å². The molecule has 36 heavy (non-hydrogen) atoms. The zero-order valence-corrected chi connectivity index (χ0v) is 22.0. The Bertz CT molecular complexity index is 1240. The molecular formula is C26H36FN9. The molecule has 0 atom stereocenters. The van der Waals surface area contributed by atoms with Gasteiger partial charge in [-0.2, -0.15) is 5.10 Å². The molecule has 4 rings (SSSR count). The molecule has 10 heteroatoms. The summed E-state index contributed by atoms with van der Waals surface area (Å²) in [6.07, 6.45) is 4.82. The zero-order chi connectivity index (χ0) is 25.8. The number of aryl methyl sites for hydroxylation is 3. The minimum Gasteiger partial charge on any atom is -0.330 e. The number of halogens is 1. The summed E-state index contributed by atoms with van der Waals surface area (Å²) in [5.74, 6) is 1.25. The minimum atomic E-state index is -0.503. The van der Waals surface area contributed by atoms with Gasteiger partial charge in [-0.1, -0.05) is 6.07 Å². The summed E-state index contributed by atoms with van der Waals surface area (Å²) in [4.78, 5) is 17.9. The van der Waals surface area contributed by atoms with Gasteiger partial charge in [-0.25, -0.2) is 19.3 Å². The number of piperazine rings is 1. The number of rotatable bonds is 6. The van der Waals surface area contributed by atoms with Gasteiger partial charge in [-0.3, -0.25) is 9.58 Å². The average molecular weight is 494 g/mol. The quantitative estimate of drug-likeness (QED) is 0.555. The summed E-state index contributed by atoms with van der Waals surface area (Å²) < 4.78 is 18.7. The molecule has 4 heterocycles. The van der Waals surface area contributed by atoms with E-state index in [9.17, 15) is 4.39 Å². The van der Waals surface area contributed by atoms with Gasteiger partial charge in [0.1, 0.15) is 17.3 Å². The maximum Gasteiger partial charge on any atom is 0.229 e. The molecule has 1 aliphatic heterocycles. The minimum absolute atomic E-state index is 0.198. The highest BCUT2D eigenvalue weighted by molar-refractivity contribution is 5.61. The lowest BCUT2D eigenvalue weighted by Crippen LogP contribution is -2.43. The number of hydrogen-bond donors (Lipinski definition) is 1. The van der Waals surface area contributed by atoms with Crippen molar-refractivity contribution in [3.8, 4) is 11.3 Å². The predicted molar refractivity (Wildman–Crippen MR) is 140 cm³/mol. The van der Waals surface area contributed by atoms with Crippen LogP contribution in [0.25, 0.3) is 11.3 Å². The smallest absolute Gasteiger partial charge is 0.229 e. The summed E-state index contributed by atoms with van der Waals surface area (Å²) in [6, 6.07) is 6.09.